The number of likely N-dealkylation sites (N-methyl/N-ethyl adjacent to an activating group) is 1. The third kappa shape index (κ3) is 6.13. The van der Waals surface area contributed by atoms with Crippen LogP contribution in [0.3, 0.4) is 0 Å². The highest BCUT2D eigenvalue weighted by Crippen LogP contribution is 2.28. The number of piperazine rings is 1. The quantitative estimate of drug-likeness (QED) is 0.270. The molecule has 0 amide bonds. The molecular formula is C21H33ClIN5O2. The Morgan fingerprint density at radius 3 is 2.47 bits per heavy atom. The number of anilines is 1. The van der Waals surface area contributed by atoms with Gasteiger partial charge in [0.05, 0.1) is 13.0 Å². The highest BCUT2D eigenvalue weighted by molar-refractivity contribution is 14.0. The maximum Gasteiger partial charge on any atom is 0.308 e. The lowest BCUT2D eigenvalue weighted by atomic mass is 9.97. The Kier molecular flexibility index (Phi) is 9.96. The molecule has 0 spiro atoms. The number of hydrogen-bond donors (Lipinski definition) is 1. The largest absolute Gasteiger partial charge is 0.469 e. The Hall–Kier alpha value is -1.26. The highest BCUT2D eigenvalue weighted by Gasteiger charge is 2.27. The van der Waals surface area contributed by atoms with Crippen LogP contribution in [0.5, 0.6) is 0 Å². The summed E-state index contributed by atoms with van der Waals surface area (Å²) in [5, 5.41) is 4.25. The Morgan fingerprint density at radius 2 is 1.87 bits per heavy atom. The molecule has 3 rings (SSSR count). The second kappa shape index (κ2) is 12.0. The van der Waals surface area contributed by atoms with E-state index < -0.39 is 0 Å². The van der Waals surface area contributed by atoms with Crippen LogP contribution in [0.15, 0.2) is 23.2 Å². The van der Waals surface area contributed by atoms with E-state index in [1.54, 1.807) is 7.05 Å². The fourth-order valence-corrected chi connectivity index (χ4v) is 4.30. The van der Waals surface area contributed by atoms with E-state index in [0.717, 1.165) is 68.7 Å². The minimum atomic E-state index is -0.111. The summed E-state index contributed by atoms with van der Waals surface area (Å²) in [6.45, 7) is 6.29. The van der Waals surface area contributed by atoms with Crippen molar-refractivity contribution in [3.05, 3.63) is 28.8 Å². The number of carbonyl (C=O) groups is 1. The molecule has 2 fully saturated rings. The van der Waals surface area contributed by atoms with Crippen LogP contribution >= 0.6 is 35.6 Å². The summed E-state index contributed by atoms with van der Waals surface area (Å²) in [5.41, 5.74) is 2.29. The van der Waals surface area contributed by atoms with Gasteiger partial charge in [-0.2, -0.15) is 0 Å². The number of nitrogens with zero attached hydrogens (tertiary/aromatic N) is 4. The number of aliphatic imine (C=N–C) groups is 1. The number of benzene rings is 1. The first-order valence-electron chi connectivity index (χ1n) is 10.3. The average Bonchev–Trinajstić information content (AvgIpc) is 2.75. The third-order valence-electron chi connectivity index (χ3n) is 5.90. The van der Waals surface area contributed by atoms with Crippen LogP contribution in [0.2, 0.25) is 5.02 Å². The number of hydrogen-bond acceptors (Lipinski definition) is 5. The van der Waals surface area contributed by atoms with Crippen molar-refractivity contribution in [3.63, 3.8) is 0 Å². The zero-order chi connectivity index (χ0) is 20.8. The molecule has 7 nitrogen and oxygen atoms in total. The van der Waals surface area contributed by atoms with Gasteiger partial charge in [0, 0.05) is 69.1 Å². The fraction of sp³-hybridized carbons (Fsp3) is 0.619. The van der Waals surface area contributed by atoms with Gasteiger partial charge in [0.1, 0.15) is 0 Å². The maximum absolute atomic E-state index is 11.8. The van der Waals surface area contributed by atoms with Crippen molar-refractivity contribution in [1.82, 2.24) is 15.1 Å². The molecule has 2 aliphatic rings. The zero-order valence-corrected chi connectivity index (χ0v) is 21.2. The van der Waals surface area contributed by atoms with E-state index in [4.69, 9.17) is 16.3 Å². The second-order valence-corrected chi connectivity index (χ2v) is 8.12. The molecule has 0 atom stereocenters. The molecule has 1 aromatic rings. The number of rotatable bonds is 4. The average molecular weight is 550 g/mol. The van der Waals surface area contributed by atoms with Crippen LogP contribution in [0.1, 0.15) is 18.4 Å². The summed E-state index contributed by atoms with van der Waals surface area (Å²) < 4.78 is 4.88. The van der Waals surface area contributed by atoms with Gasteiger partial charge in [0.2, 0.25) is 0 Å². The van der Waals surface area contributed by atoms with E-state index in [0.29, 0.717) is 6.54 Å². The van der Waals surface area contributed by atoms with Crippen molar-refractivity contribution in [2.45, 2.75) is 19.4 Å². The molecule has 0 unspecified atom stereocenters. The van der Waals surface area contributed by atoms with E-state index in [1.165, 1.54) is 12.8 Å². The minimum absolute atomic E-state index is 0. The van der Waals surface area contributed by atoms with Crippen LogP contribution < -0.4 is 10.2 Å². The monoisotopic (exact) mass is 549 g/mol. The van der Waals surface area contributed by atoms with Gasteiger partial charge in [-0.15, -0.1) is 24.0 Å². The molecule has 2 heterocycles. The van der Waals surface area contributed by atoms with Crippen molar-refractivity contribution in [2.24, 2.45) is 10.9 Å². The van der Waals surface area contributed by atoms with Gasteiger partial charge in [0.25, 0.3) is 0 Å². The normalized spacial score (nSPS) is 18.7. The van der Waals surface area contributed by atoms with Crippen molar-refractivity contribution >= 4 is 53.2 Å². The first-order valence-corrected chi connectivity index (χ1v) is 10.7. The summed E-state index contributed by atoms with van der Waals surface area (Å²) in [7, 11) is 5.41. The van der Waals surface area contributed by atoms with Gasteiger partial charge in [0.15, 0.2) is 5.96 Å². The second-order valence-electron chi connectivity index (χ2n) is 7.71. The molecule has 2 aliphatic heterocycles. The van der Waals surface area contributed by atoms with Crippen molar-refractivity contribution in [3.8, 4) is 0 Å². The number of nitrogens with one attached hydrogen (secondary N) is 1. The topological polar surface area (TPSA) is 60.4 Å². The molecule has 0 aliphatic carbocycles. The number of piperidine rings is 1. The van der Waals surface area contributed by atoms with E-state index >= 15 is 0 Å². The van der Waals surface area contributed by atoms with Crippen LogP contribution in [-0.4, -0.2) is 82.2 Å². The SMILES string of the molecule is CN=C(NCc1c(Cl)cccc1N1CCN(C)CC1)N1CCC(C(=O)OC)CC1.I. The van der Waals surface area contributed by atoms with E-state index in [1.807, 2.05) is 12.1 Å². The number of esters is 1. The highest BCUT2D eigenvalue weighted by atomic mass is 127. The number of guanidine groups is 1. The summed E-state index contributed by atoms with van der Waals surface area (Å²) in [6.07, 6.45) is 1.57. The van der Waals surface area contributed by atoms with Gasteiger partial charge in [-0.05, 0) is 32.0 Å². The van der Waals surface area contributed by atoms with E-state index in [2.05, 4.69) is 38.1 Å². The Balaban J connectivity index is 0.00000320. The fourth-order valence-electron chi connectivity index (χ4n) is 4.06. The molecule has 30 heavy (non-hydrogen) atoms. The number of carbonyl (C=O) groups excluding carboxylic acids is 1. The number of methoxy groups -OCH3 is 1. The Morgan fingerprint density at radius 1 is 1.20 bits per heavy atom. The third-order valence-corrected chi connectivity index (χ3v) is 6.26. The molecule has 0 radical (unpaired) electrons. The summed E-state index contributed by atoms with van der Waals surface area (Å²) in [6, 6.07) is 6.12. The molecular weight excluding hydrogens is 517 g/mol. The van der Waals surface area contributed by atoms with Crippen LogP contribution in [0, 0.1) is 5.92 Å². The van der Waals surface area contributed by atoms with Gasteiger partial charge < -0.3 is 24.8 Å². The maximum atomic E-state index is 11.8. The molecule has 0 bridgehead atoms. The van der Waals surface area contributed by atoms with Crippen molar-refractivity contribution < 1.29 is 9.53 Å². The number of ether oxygens (including phenoxy) is 1. The Bertz CT molecular complexity index is 732. The smallest absolute Gasteiger partial charge is 0.308 e. The molecule has 0 aromatic heterocycles. The standard InChI is InChI=1S/C21H32ClN5O2.HI/c1-23-21(27-9-7-16(8-10-27)20(28)29-3)24-15-17-18(22)5-4-6-19(17)26-13-11-25(2)12-14-26;/h4-6,16H,7-15H2,1-3H3,(H,23,24);1H. The molecule has 1 N–H and O–H groups in total. The predicted octanol–water partition coefficient (Wildman–Crippen LogP) is 2.67. The van der Waals surface area contributed by atoms with E-state index in [9.17, 15) is 4.79 Å². The summed E-state index contributed by atoms with van der Waals surface area (Å²) in [5.74, 6) is 0.722. The lowest BCUT2D eigenvalue weighted by molar-refractivity contribution is -0.146. The predicted molar refractivity (Wildman–Crippen MR) is 133 cm³/mol. The zero-order valence-electron chi connectivity index (χ0n) is 18.1. The van der Waals surface area contributed by atoms with Crippen molar-refractivity contribution in [1.29, 1.82) is 0 Å². The lowest BCUT2D eigenvalue weighted by Gasteiger charge is -2.36. The first-order chi connectivity index (χ1) is 14.0. The van der Waals surface area contributed by atoms with Gasteiger partial charge >= 0.3 is 5.97 Å². The van der Waals surface area contributed by atoms with Crippen LogP contribution in [0.25, 0.3) is 0 Å². The molecule has 2 saturated heterocycles. The summed E-state index contributed by atoms with van der Waals surface area (Å²) in [4.78, 5) is 23.2. The van der Waals surface area contributed by atoms with Crippen LogP contribution in [0.4, 0.5) is 5.69 Å². The number of likely N-dealkylation sites (tertiary alicyclic amines) is 1. The van der Waals surface area contributed by atoms with Crippen molar-refractivity contribution in [2.75, 3.05) is 65.4 Å². The molecule has 168 valence electrons. The molecule has 0 saturated carbocycles. The van der Waals surface area contributed by atoms with Gasteiger partial charge in [-0.25, -0.2) is 0 Å². The summed E-state index contributed by atoms with van der Waals surface area (Å²) >= 11 is 6.58. The first kappa shape index (κ1) is 25.0. The van der Waals surface area contributed by atoms with Gasteiger partial charge in [-0.3, -0.25) is 9.79 Å². The van der Waals surface area contributed by atoms with Gasteiger partial charge in [-0.1, -0.05) is 17.7 Å². The lowest BCUT2D eigenvalue weighted by Crippen LogP contribution is -2.47. The Labute approximate surface area is 201 Å². The van der Waals surface area contributed by atoms with Crippen LogP contribution in [-0.2, 0) is 16.1 Å². The minimum Gasteiger partial charge on any atom is -0.469 e. The molecule has 1 aromatic carbocycles. The molecule has 9 heteroatoms. The van der Waals surface area contributed by atoms with E-state index in [-0.39, 0.29) is 35.9 Å². The number of halogens is 2.